The Kier molecular flexibility index (Phi) is 5.19. The highest BCUT2D eigenvalue weighted by Gasteiger charge is 2.19. The molecule has 0 bridgehead atoms. The molecule has 0 aliphatic carbocycles. The van der Waals surface area contributed by atoms with Crippen molar-refractivity contribution in [3.8, 4) is 17.1 Å². The number of nitrogens with zero attached hydrogens (tertiary/aromatic N) is 3. The molecule has 0 aliphatic rings. The lowest BCUT2D eigenvalue weighted by molar-refractivity contribution is 0.101. The molecule has 1 heterocycles. The Labute approximate surface area is 176 Å². The summed E-state index contributed by atoms with van der Waals surface area (Å²) >= 11 is 0. The minimum absolute atomic E-state index is 0.132. The third-order valence-electron chi connectivity index (χ3n) is 5.25. The first-order valence-corrected chi connectivity index (χ1v) is 9.91. The molecule has 0 atom stereocenters. The molecule has 1 aromatic heterocycles. The van der Waals surface area contributed by atoms with Gasteiger partial charge in [-0.05, 0) is 57.0 Å². The average Bonchev–Trinajstić information content (AvgIpc) is 3.18. The van der Waals surface area contributed by atoms with E-state index in [1.165, 1.54) is 0 Å². The van der Waals surface area contributed by atoms with Crippen molar-refractivity contribution in [2.45, 2.75) is 27.7 Å². The molecule has 0 aliphatic heterocycles. The fraction of sp³-hybridized carbons (Fsp3) is 0.160. The third-order valence-corrected chi connectivity index (χ3v) is 5.25. The molecule has 0 radical (unpaired) electrons. The average molecular weight is 396 g/mol. The van der Waals surface area contributed by atoms with Crippen LogP contribution < -0.4 is 5.32 Å². The number of carbonyl (C=O) groups is 1. The zero-order chi connectivity index (χ0) is 21.3. The number of aromatic nitrogens is 3. The molecule has 4 aromatic rings. The Morgan fingerprint density at radius 1 is 0.833 bits per heavy atom. The number of anilines is 1. The number of benzene rings is 3. The van der Waals surface area contributed by atoms with Gasteiger partial charge in [0, 0.05) is 11.3 Å². The zero-order valence-electron chi connectivity index (χ0n) is 17.6. The molecule has 1 N–H and O–H groups in total. The molecule has 0 fully saturated rings. The van der Waals surface area contributed by atoms with E-state index in [1.807, 2.05) is 94.4 Å². The van der Waals surface area contributed by atoms with Crippen molar-refractivity contribution in [1.29, 1.82) is 0 Å². The van der Waals surface area contributed by atoms with E-state index in [2.05, 4.69) is 15.4 Å². The van der Waals surface area contributed by atoms with Crippen LogP contribution in [0.2, 0.25) is 0 Å². The lowest BCUT2D eigenvalue weighted by atomic mass is 10.1. The van der Waals surface area contributed by atoms with Gasteiger partial charge in [0.25, 0.3) is 5.91 Å². The van der Waals surface area contributed by atoms with Crippen LogP contribution in [0.5, 0.6) is 0 Å². The summed E-state index contributed by atoms with van der Waals surface area (Å²) in [5.41, 5.74) is 6.99. The second-order valence-corrected chi connectivity index (χ2v) is 7.57. The maximum Gasteiger partial charge on any atom is 0.295 e. The molecule has 1 amide bonds. The summed E-state index contributed by atoms with van der Waals surface area (Å²) in [5, 5.41) is 7.50. The second-order valence-electron chi connectivity index (χ2n) is 7.57. The van der Waals surface area contributed by atoms with Crippen LogP contribution in [0.1, 0.15) is 32.9 Å². The molecule has 0 saturated carbocycles. The van der Waals surface area contributed by atoms with Gasteiger partial charge in [-0.25, -0.2) is 9.67 Å². The van der Waals surface area contributed by atoms with Gasteiger partial charge in [-0.1, -0.05) is 59.7 Å². The Bertz CT molecular complexity index is 1140. The Morgan fingerprint density at radius 2 is 1.47 bits per heavy atom. The molecule has 0 spiro atoms. The molecule has 3 aromatic carbocycles. The monoisotopic (exact) mass is 396 g/mol. The normalized spacial score (nSPS) is 10.8. The van der Waals surface area contributed by atoms with Crippen LogP contribution in [0.3, 0.4) is 0 Å². The van der Waals surface area contributed by atoms with E-state index in [0.717, 1.165) is 39.2 Å². The van der Waals surface area contributed by atoms with Crippen molar-refractivity contribution in [2.24, 2.45) is 0 Å². The third kappa shape index (κ3) is 3.87. The Morgan fingerprint density at radius 3 is 2.13 bits per heavy atom. The first-order chi connectivity index (χ1) is 14.4. The molecule has 5 nitrogen and oxygen atoms in total. The van der Waals surface area contributed by atoms with E-state index in [1.54, 1.807) is 4.68 Å². The summed E-state index contributed by atoms with van der Waals surface area (Å²) in [7, 11) is 0. The predicted molar refractivity (Wildman–Crippen MR) is 120 cm³/mol. The molecular weight excluding hydrogens is 372 g/mol. The van der Waals surface area contributed by atoms with Crippen LogP contribution in [-0.4, -0.2) is 20.7 Å². The first-order valence-electron chi connectivity index (χ1n) is 9.91. The number of aryl methyl sites for hydroxylation is 3. The molecule has 0 saturated heterocycles. The topological polar surface area (TPSA) is 59.8 Å². The van der Waals surface area contributed by atoms with Gasteiger partial charge >= 0.3 is 0 Å². The highest BCUT2D eigenvalue weighted by Crippen LogP contribution is 2.23. The Balaban J connectivity index is 1.76. The fourth-order valence-corrected chi connectivity index (χ4v) is 3.23. The van der Waals surface area contributed by atoms with E-state index in [-0.39, 0.29) is 11.7 Å². The molecule has 4 rings (SSSR count). The van der Waals surface area contributed by atoms with Gasteiger partial charge in [-0.15, -0.1) is 5.10 Å². The zero-order valence-corrected chi connectivity index (χ0v) is 17.6. The van der Waals surface area contributed by atoms with Gasteiger partial charge in [-0.3, -0.25) is 4.79 Å². The van der Waals surface area contributed by atoms with Crippen molar-refractivity contribution in [3.05, 3.63) is 94.8 Å². The summed E-state index contributed by atoms with van der Waals surface area (Å²) in [6.07, 6.45) is 0. The van der Waals surface area contributed by atoms with E-state index in [4.69, 9.17) is 0 Å². The number of nitrogens with one attached hydrogen (secondary N) is 1. The summed E-state index contributed by atoms with van der Waals surface area (Å²) < 4.78 is 1.72. The highest BCUT2D eigenvalue weighted by atomic mass is 16.2. The standard InChI is InChI=1S/C25H24N4O/c1-16-8-12-20(13-9-16)24-27-23(28-29(24)21-14-10-17(2)11-15-21)25(30)26-22-7-5-6-18(3)19(22)4/h5-15H,1-4H3,(H,26,30). The first kappa shape index (κ1) is 19.6. The number of carbonyl (C=O) groups excluding carboxylic acids is 1. The van der Waals surface area contributed by atoms with E-state index >= 15 is 0 Å². The second kappa shape index (κ2) is 7.95. The number of rotatable bonds is 4. The van der Waals surface area contributed by atoms with Gasteiger partial charge in [0.1, 0.15) is 0 Å². The fourth-order valence-electron chi connectivity index (χ4n) is 3.23. The van der Waals surface area contributed by atoms with E-state index < -0.39 is 0 Å². The number of amides is 1. The summed E-state index contributed by atoms with van der Waals surface area (Å²) in [6.45, 7) is 8.08. The van der Waals surface area contributed by atoms with Gasteiger partial charge < -0.3 is 5.32 Å². The predicted octanol–water partition coefficient (Wildman–Crippen LogP) is 5.42. The summed E-state index contributed by atoms with van der Waals surface area (Å²) in [4.78, 5) is 17.6. The van der Waals surface area contributed by atoms with E-state index in [0.29, 0.717) is 5.82 Å². The number of hydrogen-bond acceptors (Lipinski definition) is 3. The minimum Gasteiger partial charge on any atom is -0.319 e. The van der Waals surface area contributed by atoms with Crippen molar-refractivity contribution < 1.29 is 4.79 Å². The molecule has 5 heteroatoms. The van der Waals surface area contributed by atoms with Gasteiger partial charge in [0.2, 0.25) is 5.82 Å². The SMILES string of the molecule is Cc1ccc(-c2nc(C(=O)Nc3cccc(C)c3C)nn2-c2ccc(C)cc2)cc1. The lowest BCUT2D eigenvalue weighted by Crippen LogP contribution is -2.15. The quantitative estimate of drug-likeness (QED) is 0.501. The number of hydrogen-bond donors (Lipinski definition) is 1. The van der Waals surface area contributed by atoms with Crippen LogP contribution >= 0.6 is 0 Å². The van der Waals surface area contributed by atoms with Crippen molar-refractivity contribution >= 4 is 11.6 Å². The Hall–Kier alpha value is -3.73. The minimum atomic E-state index is -0.331. The maximum absolute atomic E-state index is 13.0. The smallest absolute Gasteiger partial charge is 0.295 e. The highest BCUT2D eigenvalue weighted by molar-refractivity contribution is 6.02. The summed E-state index contributed by atoms with van der Waals surface area (Å²) in [5.74, 6) is 0.431. The molecule has 0 unspecified atom stereocenters. The van der Waals surface area contributed by atoms with Gasteiger partial charge in [-0.2, -0.15) is 0 Å². The molecule has 30 heavy (non-hydrogen) atoms. The van der Waals surface area contributed by atoms with Crippen LogP contribution in [0, 0.1) is 27.7 Å². The van der Waals surface area contributed by atoms with Crippen molar-refractivity contribution in [3.63, 3.8) is 0 Å². The van der Waals surface area contributed by atoms with Crippen LogP contribution in [0.15, 0.2) is 66.7 Å². The van der Waals surface area contributed by atoms with Gasteiger partial charge in [0.05, 0.1) is 5.69 Å². The maximum atomic E-state index is 13.0. The molecular formula is C25H24N4O. The van der Waals surface area contributed by atoms with Crippen molar-refractivity contribution in [2.75, 3.05) is 5.32 Å². The van der Waals surface area contributed by atoms with Crippen LogP contribution in [0.25, 0.3) is 17.1 Å². The largest absolute Gasteiger partial charge is 0.319 e. The van der Waals surface area contributed by atoms with Crippen LogP contribution in [-0.2, 0) is 0 Å². The van der Waals surface area contributed by atoms with E-state index in [9.17, 15) is 4.79 Å². The lowest BCUT2D eigenvalue weighted by Gasteiger charge is -2.08. The molecule has 150 valence electrons. The van der Waals surface area contributed by atoms with Gasteiger partial charge in [0.15, 0.2) is 5.82 Å². The van der Waals surface area contributed by atoms with Crippen LogP contribution in [0.4, 0.5) is 5.69 Å². The van der Waals surface area contributed by atoms with Crippen molar-refractivity contribution in [1.82, 2.24) is 14.8 Å². The summed E-state index contributed by atoms with van der Waals surface area (Å²) in [6, 6.07) is 21.9.